The summed E-state index contributed by atoms with van der Waals surface area (Å²) in [7, 11) is 0.500. The highest BCUT2D eigenvalue weighted by molar-refractivity contribution is 8.31. The smallest absolute Gasteiger partial charge is 0.134 e. The number of hydrogen-bond donors (Lipinski definition) is 1. The molecule has 1 aliphatic rings. The van der Waals surface area contributed by atoms with Crippen LogP contribution in [0.4, 0.5) is 0 Å². The minimum absolute atomic E-state index is 0.889. The second kappa shape index (κ2) is 2.65. The minimum Gasteiger partial charge on any atom is -0.496 e. The van der Waals surface area contributed by atoms with E-state index < -0.39 is 10.5 Å². The Morgan fingerprint density at radius 3 is 2.67 bits per heavy atom. The quantitative estimate of drug-likeness (QED) is 0.715. The highest BCUT2D eigenvalue weighted by atomic mass is 32.3. The fourth-order valence-corrected chi connectivity index (χ4v) is 2.54. The summed E-state index contributed by atoms with van der Waals surface area (Å²) in [6.07, 6.45) is 2.05. The zero-order valence-electron chi connectivity index (χ0n) is 7.03. The van der Waals surface area contributed by atoms with E-state index in [9.17, 15) is 0 Å². The van der Waals surface area contributed by atoms with Crippen molar-refractivity contribution >= 4 is 10.5 Å². The fourth-order valence-electron chi connectivity index (χ4n) is 1.08. The molecule has 12 heavy (non-hydrogen) atoms. The van der Waals surface area contributed by atoms with Crippen molar-refractivity contribution in [3.8, 4) is 5.75 Å². The highest BCUT2D eigenvalue weighted by Crippen LogP contribution is 2.63. The Morgan fingerprint density at radius 1 is 1.42 bits per heavy atom. The molecule has 0 radical (unpaired) electrons. The molecule has 0 aromatic heterocycles. The van der Waals surface area contributed by atoms with Crippen LogP contribution in [0.3, 0.4) is 0 Å². The third-order valence-corrected chi connectivity index (χ3v) is 3.67. The van der Waals surface area contributed by atoms with Gasteiger partial charge in [-0.3, -0.25) is 0 Å². The van der Waals surface area contributed by atoms with Crippen molar-refractivity contribution in [2.24, 2.45) is 0 Å². The molecule has 0 amide bonds. The monoisotopic (exact) mass is 185 g/mol. The van der Waals surface area contributed by atoms with Crippen LogP contribution in [0.1, 0.15) is 0 Å². The average molecular weight is 185 g/mol. The SMILES string of the molecule is COc1ccccc1S1(C)NO1. The van der Waals surface area contributed by atoms with Crippen molar-refractivity contribution in [2.45, 2.75) is 4.90 Å². The number of rotatable bonds is 2. The van der Waals surface area contributed by atoms with Gasteiger partial charge in [0.15, 0.2) is 0 Å². The van der Waals surface area contributed by atoms with Crippen LogP contribution in [0.25, 0.3) is 0 Å². The van der Waals surface area contributed by atoms with E-state index in [1.807, 2.05) is 30.5 Å². The van der Waals surface area contributed by atoms with E-state index in [0.29, 0.717) is 0 Å². The lowest BCUT2D eigenvalue weighted by Gasteiger charge is -2.11. The molecule has 66 valence electrons. The Bertz CT molecular complexity index is 299. The van der Waals surface area contributed by atoms with Crippen LogP contribution in [0, 0.1) is 0 Å². The van der Waals surface area contributed by atoms with Crippen LogP contribution >= 0.6 is 10.5 Å². The third kappa shape index (κ3) is 1.18. The highest BCUT2D eigenvalue weighted by Gasteiger charge is 2.37. The molecule has 1 aromatic carbocycles. The van der Waals surface area contributed by atoms with Gasteiger partial charge in [-0.25, -0.2) is 4.28 Å². The number of hydrogen-bond acceptors (Lipinski definition) is 3. The molecular formula is C8H11NO2S. The van der Waals surface area contributed by atoms with Gasteiger partial charge in [0, 0.05) is 6.26 Å². The molecule has 1 atom stereocenters. The largest absolute Gasteiger partial charge is 0.496 e. The van der Waals surface area contributed by atoms with E-state index in [-0.39, 0.29) is 0 Å². The van der Waals surface area contributed by atoms with E-state index in [1.54, 1.807) is 7.11 Å². The predicted octanol–water partition coefficient (Wildman–Crippen LogP) is 1.85. The van der Waals surface area contributed by atoms with Gasteiger partial charge in [-0.15, -0.1) is 4.89 Å². The number of methoxy groups -OCH3 is 1. The molecule has 0 spiro atoms. The second-order valence-electron chi connectivity index (χ2n) is 2.66. The number of nitrogens with one attached hydrogen (secondary N) is 1. The van der Waals surface area contributed by atoms with Crippen LogP contribution in [0.2, 0.25) is 0 Å². The molecule has 0 aliphatic carbocycles. The summed E-state index contributed by atoms with van der Waals surface area (Å²) in [4.78, 5) is 4.02. The van der Waals surface area contributed by atoms with Crippen molar-refractivity contribution in [3.63, 3.8) is 0 Å². The molecule has 1 fully saturated rings. The van der Waals surface area contributed by atoms with E-state index in [2.05, 4.69) is 4.89 Å². The van der Waals surface area contributed by atoms with Gasteiger partial charge in [0.2, 0.25) is 0 Å². The summed E-state index contributed by atoms with van der Waals surface area (Å²) in [5, 5.41) is 0. The van der Waals surface area contributed by atoms with Crippen molar-refractivity contribution in [1.82, 2.24) is 4.89 Å². The average Bonchev–Trinajstić information content (AvgIpc) is 2.85. The summed E-state index contributed by atoms with van der Waals surface area (Å²) in [6.45, 7) is 0. The van der Waals surface area contributed by atoms with Crippen LogP contribution < -0.4 is 9.62 Å². The predicted molar refractivity (Wildman–Crippen MR) is 49.0 cm³/mol. The zero-order valence-corrected chi connectivity index (χ0v) is 7.85. The molecule has 1 unspecified atom stereocenters. The Labute approximate surface area is 73.3 Å². The molecule has 1 saturated heterocycles. The van der Waals surface area contributed by atoms with Gasteiger partial charge in [-0.1, -0.05) is 12.1 Å². The molecule has 4 heteroatoms. The number of ether oxygens (including phenoxy) is 1. The summed E-state index contributed by atoms with van der Waals surface area (Å²) in [5.41, 5.74) is 0. The van der Waals surface area contributed by atoms with E-state index >= 15 is 0 Å². The molecule has 0 bridgehead atoms. The third-order valence-electron chi connectivity index (χ3n) is 1.82. The molecule has 1 N–H and O–H groups in total. The molecule has 2 rings (SSSR count). The second-order valence-corrected chi connectivity index (χ2v) is 5.12. The van der Waals surface area contributed by atoms with Crippen molar-refractivity contribution in [2.75, 3.05) is 13.4 Å². The van der Waals surface area contributed by atoms with Gasteiger partial charge >= 0.3 is 0 Å². The van der Waals surface area contributed by atoms with Gasteiger partial charge in [0.1, 0.15) is 5.75 Å². The van der Waals surface area contributed by atoms with E-state index in [4.69, 9.17) is 9.02 Å². The number of benzene rings is 1. The molecule has 3 nitrogen and oxygen atoms in total. The Morgan fingerprint density at radius 2 is 2.08 bits per heavy atom. The van der Waals surface area contributed by atoms with E-state index in [1.165, 1.54) is 0 Å². The molecule has 1 aliphatic heterocycles. The zero-order chi connectivity index (χ0) is 8.60. The molecular weight excluding hydrogens is 174 g/mol. The first kappa shape index (κ1) is 7.91. The Kier molecular flexibility index (Phi) is 1.75. The first-order valence-corrected chi connectivity index (χ1v) is 5.59. The maximum atomic E-state index is 5.21. The lowest BCUT2D eigenvalue weighted by Crippen LogP contribution is -1.90. The standard InChI is InChI=1S/C8H11NO2S/c1-10-7-5-3-4-6-8(7)12(2)9-11-12/h3-6,9H,1-2H3. The van der Waals surface area contributed by atoms with Crippen molar-refractivity contribution in [1.29, 1.82) is 0 Å². The molecule has 0 saturated carbocycles. The maximum Gasteiger partial charge on any atom is 0.134 e. The summed E-state index contributed by atoms with van der Waals surface area (Å²) in [5.74, 6) is 0.889. The maximum absolute atomic E-state index is 5.21. The minimum atomic E-state index is -1.17. The van der Waals surface area contributed by atoms with Crippen LogP contribution in [-0.4, -0.2) is 13.4 Å². The van der Waals surface area contributed by atoms with Crippen molar-refractivity contribution < 1.29 is 9.02 Å². The van der Waals surface area contributed by atoms with Crippen LogP contribution in [-0.2, 0) is 4.28 Å². The summed E-state index contributed by atoms with van der Waals surface area (Å²) >= 11 is 0. The summed E-state index contributed by atoms with van der Waals surface area (Å²) < 4.78 is 10.4. The lowest BCUT2D eigenvalue weighted by atomic mass is 10.3. The normalized spacial score (nSPS) is 32.2. The van der Waals surface area contributed by atoms with Gasteiger partial charge in [-0.2, -0.15) is 0 Å². The molecule has 1 heterocycles. The van der Waals surface area contributed by atoms with Crippen LogP contribution in [0.5, 0.6) is 5.75 Å². The topological polar surface area (TPSA) is 43.7 Å². The van der Waals surface area contributed by atoms with Gasteiger partial charge in [-0.05, 0) is 22.6 Å². The van der Waals surface area contributed by atoms with Gasteiger partial charge in [0.25, 0.3) is 0 Å². The Balaban J connectivity index is 2.42. The van der Waals surface area contributed by atoms with Gasteiger partial charge in [0.05, 0.1) is 12.0 Å². The fraction of sp³-hybridized carbons (Fsp3) is 0.250. The Hall–Kier alpha value is -0.710. The summed E-state index contributed by atoms with van der Waals surface area (Å²) in [6, 6.07) is 7.90. The lowest BCUT2D eigenvalue weighted by molar-refractivity contribution is 0.403. The van der Waals surface area contributed by atoms with E-state index in [0.717, 1.165) is 10.6 Å². The van der Waals surface area contributed by atoms with Gasteiger partial charge < -0.3 is 4.74 Å². The first-order valence-electron chi connectivity index (χ1n) is 3.63. The van der Waals surface area contributed by atoms with Crippen LogP contribution in [0.15, 0.2) is 29.2 Å². The van der Waals surface area contributed by atoms with Crippen molar-refractivity contribution in [3.05, 3.63) is 24.3 Å². The number of para-hydroxylation sites is 1. The first-order chi connectivity index (χ1) is 5.76. The molecule has 1 aromatic rings.